The van der Waals surface area contributed by atoms with Crippen LogP contribution >= 0.6 is 22.6 Å². The quantitative estimate of drug-likeness (QED) is 0.238. The molecule has 0 unspecified atom stereocenters. The van der Waals surface area contributed by atoms with Gasteiger partial charge in [0.25, 0.3) is 5.91 Å². The van der Waals surface area contributed by atoms with Crippen molar-refractivity contribution >= 4 is 55.2 Å². The molecule has 1 aliphatic rings. The largest absolute Gasteiger partial charge is 0.350 e. The van der Waals surface area contributed by atoms with E-state index in [0.717, 1.165) is 20.8 Å². The number of nitrogens with one attached hydrogen (secondary N) is 3. The number of sulfonamides is 1. The summed E-state index contributed by atoms with van der Waals surface area (Å²) in [4.78, 5) is 28.8. The van der Waals surface area contributed by atoms with E-state index in [1.165, 1.54) is 5.56 Å². The van der Waals surface area contributed by atoms with E-state index in [0.29, 0.717) is 38.0 Å². The van der Waals surface area contributed by atoms with Gasteiger partial charge in [-0.1, -0.05) is 49.4 Å². The zero-order chi connectivity index (χ0) is 30.3. The Labute approximate surface area is 263 Å². The summed E-state index contributed by atoms with van der Waals surface area (Å²) in [5.74, 6) is -0.00478. The molecule has 0 aliphatic carbocycles. The van der Waals surface area contributed by atoms with E-state index in [2.05, 4.69) is 63.1 Å². The Bertz CT molecular complexity index is 1480. The van der Waals surface area contributed by atoms with E-state index in [9.17, 15) is 18.0 Å². The van der Waals surface area contributed by atoms with Crippen LogP contribution in [0.15, 0.2) is 66.7 Å². The fraction of sp³-hybridized carbons (Fsp3) is 0.438. The highest BCUT2D eigenvalue weighted by Crippen LogP contribution is 2.23. The Kier molecular flexibility index (Phi) is 11.4. The molecule has 3 aromatic carbocycles. The fourth-order valence-corrected chi connectivity index (χ4v) is 6.53. The molecular weight excluding hydrogens is 663 g/mol. The second-order valence-corrected chi connectivity index (χ2v) is 14.8. The van der Waals surface area contributed by atoms with Crippen molar-refractivity contribution in [3.05, 3.63) is 81.4 Å². The van der Waals surface area contributed by atoms with Crippen LogP contribution in [0.4, 0.5) is 0 Å². The van der Waals surface area contributed by atoms with Crippen LogP contribution in [0.1, 0.15) is 61.9 Å². The van der Waals surface area contributed by atoms with Gasteiger partial charge in [0, 0.05) is 47.3 Å². The van der Waals surface area contributed by atoms with Gasteiger partial charge in [-0.3, -0.25) is 9.59 Å². The second kappa shape index (κ2) is 14.8. The van der Waals surface area contributed by atoms with Gasteiger partial charge in [-0.05, 0) is 96.3 Å². The molecule has 2 amide bonds. The summed E-state index contributed by atoms with van der Waals surface area (Å²) in [6.45, 7) is 7.04. The van der Waals surface area contributed by atoms with Gasteiger partial charge < -0.3 is 15.5 Å². The zero-order valence-corrected chi connectivity index (χ0v) is 27.5. The fourth-order valence-electron chi connectivity index (χ4n) is 5.28. The lowest BCUT2D eigenvalue weighted by molar-refractivity contribution is -0.133. The van der Waals surface area contributed by atoms with Gasteiger partial charge in [0.2, 0.25) is 15.9 Å². The Morgan fingerprint density at radius 1 is 1.07 bits per heavy atom. The highest BCUT2D eigenvalue weighted by atomic mass is 127. The molecule has 8 nitrogen and oxygen atoms in total. The molecule has 42 heavy (non-hydrogen) atoms. The van der Waals surface area contributed by atoms with E-state index in [4.69, 9.17) is 0 Å². The SMILES string of the molecule is CC[C@H](CN1CC[C@@H](CNC(=O)c2ccc3cc(I)ccc3c2)N[C@@H](CCNS(=O)(=O)C(C)C)C1=O)c1ccccc1. The van der Waals surface area contributed by atoms with Crippen LogP contribution in [-0.2, 0) is 14.8 Å². The Morgan fingerprint density at radius 2 is 1.79 bits per heavy atom. The van der Waals surface area contributed by atoms with Crippen molar-refractivity contribution < 1.29 is 18.0 Å². The van der Waals surface area contributed by atoms with Crippen molar-refractivity contribution in [2.75, 3.05) is 26.2 Å². The third-order valence-corrected chi connectivity index (χ3v) is 10.4. The van der Waals surface area contributed by atoms with Crippen LogP contribution in [0.3, 0.4) is 0 Å². The van der Waals surface area contributed by atoms with Gasteiger partial charge in [-0.2, -0.15) is 0 Å². The monoisotopic (exact) mass is 704 g/mol. The molecule has 226 valence electrons. The third-order valence-electron chi connectivity index (χ3n) is 7.93. The van der Waals surface area contributed by atoms with Crippen molar-refractivity contribution in [2.45, 2.75) is 63.3 Å². The van der Waals surface area contributed by atoms with Gasteiger partial charge in [0.15, 0.2) is 0 Å². The first-order chi connectivity index (χ1) is 20.1. The average molecular weight is 705 g/mol. The minimum atomic E-state index is -3.44. The molecular formula is C32H41IN4O4S. The predicted molar refractivity (Wildman–Crippen MR) is 177 cm³/mol. The summed E-state index contributed by atoms with van der Waals surface area (Å²) in [6, 6.07) is 21.3. The maximum Gasteiger partial charge on any atom is 0.251 e. The first kappa shape index (κ1) is 32.4. The first-order valence-corrected chi connectivity index (χ1v) is 17.3. The molecule has 0 saturated carbocycles. The molecule has 1 saturated heterocycles. The molecule has 10 heteroatoms. The van der Waals surface area contributed by atoms with Crippen LogP contribution in [0, 0.1) is 3.57 Å². The number of halogens is 1. The number of nitrogens with zero attached hydrogens (tertiary/aromatic N) is 1. The van der Waals surface area contributed by atoms with E-state index in [1.807, 2.05) is 53.4 Å². The van der Waals surface area contributed by atoms with Gasteiger partial charge >= 0.3 is 0 Å². The summed E-state index contributed by atoms with van der Waals surface area (Å²) in [6.07, 6.45) is 1.88. The summed E-state index contributed by atoms with van der Waals surface area (Å²) < 4.78 is 28.4. The third kappa shape index (κ3) is 8.52. The topological polar surface area (TPSA) is 108 Å². The molecule has 1 aliphatic heterocycles. The molecule has 4 rings (SSSR count). The first-order valence-electron chi connectivity index (χ1n) is 14.6. The van der Waals surface area contributed by atoms with Crippen molar-refractivity contribution in [1.82, 2.24) is 20.3 Å². The number of amides is 2. The number of hydrogen-bond donors (Lipinski definition) is 3. The summed E-state index contributed by atoms with van der Waals surface area (Å²) in [5.41, 5.74) is 1.78. The summed E-state index contributed by atoms with van der Waals surface area (Å²) in [7, 11) is -3.44. The van der Waals surface area contributed by atoms with Crippen LogP contribution < -0.4 is 15.4 Å². The highest BCUT2D eigenvalue weighted by Gasteiger charge is 2.32. The van der Waals surface area contributed by atoms with E-state index in [1.54, 1.807) is 13.8 Å². The van der Waals surface area contributed by atoms with Gasteiger partial charge in [-0.15, -0.1) is 0 Å². The van der Waals surface area contributed by atoms with Crippen molar-refractivity contribution in [3.63, 3.8) is 0 Å². The molecule has 1 fully saturated rings. The van der Waals surface area contributed by atoms with Crippen LogP contribution in [0.2, 0.25) is 0 Å². The Balaban J connectivity index is 1.45. The highest BCUT2D eigenvalue weighted by molar-refractivity contribution is 14.1. The number of rotatable bonds is 12. The van der Waals surface area contributed by atoms with E-state index in [-0.39, 0.29) is 30.3 Å². The van der Waals surface area contributed by atoms with Gasteiger partial charge in [0.1, 0.15) is 0 Å². The number of fused-ring (bicyclic) bond motifs is 1. The predicted octanol–water partition coefficient (Wildman–Crippen LogP) is 4.65. The van der Waals surface area contributed by atoms with Crippen LogP contribution in [-0.4, -0.2) is 68.6 Å². The molecule has 0 aromatic heterocycles. The van der Waals surface area contributed by atoms with Crippen molar-refractivity contribution in [3.8, 4) is 0 Å². The lowest BCUT2D eigenvalue weighted by atomic mass is 9.95. The molecule has 3 N–H and O–H groups in total. The number of benzene rings is 3. The lowest BCUT2D eigenvalue weighted by Gasteiger charge is -2.28. The normalized spacial score (nSPS) is 18.7. The average Bonchev–Trinajstić information content (AvgIpc) is 3.12. The number of carbonyl (C=O) groups is 2. The minimum absolute atomic E-state index is 0.0360. The lowest BCUT2D eigenvalue weighted by Crippen LogP contribution is -2.50. The molecule has 3 atom stereocenters. The smallest absolute Gasteiger partial charge is 0.251 e. The Morgan fingerprint density at radius 3 is 2.50 bits per heavy atom. The van der Waals surface area contributed by atoms with Crippen LogP contribution in [0.25, 0.3) is 10.8 Å². The molecule has 0 bridgehead atoms. The van der Waals surface area contributed by atoms with Crippen molar-refractivity contribution in [1.29, 1.82) is 0 Å². The van der Waals surface area contributed by atoms with Gasteiger partial charge in [0.05, 0.1) is 11.3 Å². The van der Waals surface area contributed by atoms with Crippen molar-refractivity contribution in [2.24, 2.45) is 0 Å². The molecule has 1 heterocycles. The van der Waals surface area contributed by atoms with E-state index >= 15 is 0 Å². The molecule has 0 spiro atoms. The molecule has 0 radical (unpaired) electrons. The number of hydrogen-bond acceptors (Lipinski definition) is 5. The summed E-state index contributed by atoms with van der Waals surface area (Å²) >= 11 is 2.27. The zero-order valence-electron chi connectivity index (χ0n) is 24.5. The van der Waals surface area contributed by atoms with Crippen LogP contribution in [0.5, 0.6) is 0 Å². The Hall–Kier alpha value is -2.54. The molecule has 3 aromatic rings. The summed E-state index contributed by atoms with van der Waals surface area (Å²) in [5, 5.41) is 8.03. The number of carbonyl (C=O) groups excluding carboxylic acids is 2. The van der Waals surface area contributed by atoms with E-state index < -0.39 is 21.3 Å². The minimum Gasteiger partial charge on any atom is -0.350 e. The second-order valence-electron chi connectivity index (χ2n) is 11.2. The van der Waals surface area contributed by atoms with Gasteiger partial charge in [-0.25, -0.2) is 13.1 Å². The standard InChI is InChI=1S/C32H41IN4O4S/c1-4-23(24-8-6-5-7-9-24)21-37-17-15-29(36-30(32(37)39)14-16-35-42(40,41)22(2)3)20-34-31(38)27-11-10-26-19-28(33)13-12-25(26)18-27/h5-13,18-19,22-23,29-30,35-36H,4,14-17,20-21H2,1-3H3,(H,34,38)/t23-,29+,30+/m1/s1. The maximum absolute atomic E-state index is 13.8. The maximum atomic E-state index is 13.8.